The minimum absolute atomic E-state index is 0.213. The van der Waals surface area contributed by atoms with Crippen molar-refractivity contribution < 1.29 is 4.79 Å². The second kappa shape index (κ2) is 4.73. The number of amides is 1. The van der Waals surface area contributed by atoms with E-state index in [1.807, 2.05) is 7.05 Å². The Labute approximate surface area is 108 Å². The molecule has 2 aliphatic heterocycles. The van der Waals surface area contributed by atoms with Gasteiger partial charge >= 0.3 is 0 Å². The van der Waals surface area contributed by atoms with Gasteiger partial charge in [0.25, 0.3) is 0 Å². The Bertz CT molecular complexity index is 462. The number of nitrogens with one attached hydrogen (secondary N) is 1. The van der Waals surface area contributed by atoms with Gasteiger partial charge in [-0.1, -0.05) is 12.1 Å². The van der Waals surface area contributed by atoms with E-state index in [1.165, 1.54) is 30.4 Å². The van der Waals surface area contributed by atoms with Crippen LogP contribution in [-0.4, -0.2) is 26.0 Å². The maximum atomic E-state index is 11.7. The Kier molecular flexibility index (Phi) is 3.08. The summed E-state index contributed by atoms with van der Waals surface area (Å²) in [7, 11) is 1.86. The molecule has 96 valence electrons. The molecule has 1 unspecified atom stereocenters. The van der Waals surface area contributed by atoms with Crippen molar-refractivity contribution >= 4 is 11.6 Å². The topological polar surface area (TPSA) is 32.3 Å². The Hall–Kier alpha value is -1.35. The van der Waals surface area contributed by atoms with E-state index in [4.69, 9.17) is 0 Å². The molecule has 0 aromatic heterocycles. The highest BCUT2D eigenvalue weighted by atomic mass is 16.2. The van der Waals surface area contributed by atoms with Gasteiger partial charge in [0.2, 0.25) is 5.91 Å². The van der Waals surface area contributed by atoms with Crippen LogP contribution < -0.4 is 10.2 Å². The average molecular weight is 244 g/mol. The van der Waals surface area contributed by atoms with Gasteiger partial charge in [-0.2, -0.15) is 0 Å². The molecule has 1 aromatic rings. The molecule has 3 nitrogen and oxygen atoms in total. The van der Waals surface area contributed by atoms with Crippen LogP contribution >= 0.6 is 0 Å². The van der Waals surface area contributed by atoms with Crippen molar-refractivity contribution in [3.8, 4) is 0 Å². The second-order valence-electron chi connectivity index (χ2n) is 5.40. The minimum Gasteiger partial charge on any atom is -0.317 e. The fourth-order valence-corrected chi connectivity index (χ4v) is 3.10. The third-order valence-corrected chi connectivity index (χ3v) is 4.23. The van der Waals surface area contributed by atoms with Gasteiger partial charge in [-0.15, -0.1) is 0 Å². The Morgan fingerprint density at radius 1 is 1.28 bits per heavy atom. The number of hydrogen-bond donors (Lipinski definition) is 1. The molecule has 1 fully saturated rings. The maximum Gasteiger partial charge on any atom is 0.231 e. The number of carbonyl (C=O) groups excluding carboxylic acids is 1. The van der Waals surface area contributed by atoms with E-state index in [-0.39, 0.29) is 5.91 Å². The smallest absolute Gasteiger partial charge is 0.231 e. The van der Waals surface area contributed by atoms with E-state index in [9.17, 15) is 4.79 Å². The standard InChI is InChI=1S/C15H20N2O/c1-17-14-5-4-12(9-13(14)10-15(17)18)11-3-2-7-16-8-6-11/h4-5,9,11,16H,2-3,6-8,10H2,1H3. The zero-order valence-electron chi connectivity index (χ0n) is 10.9. The van der Waals surface area contributed by atoms with Crippen LogP contribution in [0.2, 0.25) is 0 Å². The van der Waals surface area contributed by atoms with Crippen LogP contribution in [0.25, 0.3) is 0 Å². The van der Waals surface area contributed by atoms with E-state index in [0.29, 0.717) is 12.3 Å². The fraction of sp³-hybridized carbons (Fsp3) is 0.533. The lowest BCUT2D eigenvalue weighted by Gasteiger charge is -2.16. The maximum absolute atomic E-state index is 11.7. The molecule has 3 rings (SSSR count). The number of benzene rings is 1. The van der Waals surface area contributed by atoms with Crippen LogP contribution in [0, 0.1) is 0 Å². The lowest BCUT2D eigenvalue weighted by Crippen LogP contribution is -2.20. The molecule has 0 spiro atoms. The van der Waals surface area contributed by atoms with E-state index in [2.05, 4.69) is 23.5 Å². The van der Waals surface area contributed by atoms with E-state index >= 15 is 0 Å². The molecule has 1 amide bonds. The van der Waals surface area contributed by atoms with Crippen LogP contribution in [0.15, 0.2) is 18.2 Å². The third kappa shape index (κ3) is 2.03. The summed E-state index contributed by atoms with van der Waals surface area (Å²) in [6.07, 6.45) is 4.30. The van der Waals surface area contributed by atoms with Gasteiger partial charge in [-0.05, 0) is 55.5 Å². The van der Waals surface area contributed by atoms with Crippen molar-refractivity contribution in [3.63, 3.8) is 0 Å². The summed E-state index contributed by atoms with van der Waals surface area (Å²) in [5.74, 6) is 0.871. The SMILES string of the molecule is CN1C(=O)Cc2cc(C3CCCNCC3)ccc21. The summed E-state index contributed by atoms with van der Waals surface area (Å²) in [6.45, 7) is 2.25. The molecular formula is C15H20N2O. The minimum atomic E-state index is 0.213. The number of hydrogen-bond acceptors (Lipinski definition) is 2. The van der Waals surface area contributed by atoms with E-state index in [0.717, 1.165) is 18.8 Å². The lowest BCUT2D eigenvalue weighted by molar-refractivity contribution is -0.117. The number of fused-ring (bicyclic) bond motifs is 1. The summed E-state index contributed by atoms with van der Waals surface area (Å²) >= 11 is 0. The molecule has 2 heterocycles. The van der Waals surface area contributed by atoms with Crippen molar-refractivity contribution in [3.05, 3.63) is 29.3 Å². The largest absolute Gasteiger partial charge is 0.317 e. The first kappa shape index (κ1) is 11.7. The molecule has 2 aliphatic rings. The van der Waals surface area contributed by atoms with Gasteiger partial charge in [-0.3, -0.25) is 4.79 Å². The summed E-state index contributed by atoms with van der Waals surface area (Å²) in [5, 5.41) is 3.45. The Balaban J connectivity index is 1.86. The molecule has 1 atom stereocenters. The number of nitrogens with zero attached hydrogens (tertiary/aromatic N) is 1. The quantitative estimate of drug-likeness (QED) is 0.820. The predicted octanol–water partition coefficient (Wildman–Crippen LogP) is 2.06. The highest BCUT2D eigenvalue weighted by Gasteiger charge is 2.25. The monoisotopic (exact) mass is 244 g/mol. The summed E-state index contributed by atoms with van der Waals surface area (Å²) in [5.41, 5.74) is 3.72. The van der Waals surface area contributed by atoms with Crippen LogP contribution in [0.5, 0.6) is 0 Å². The number of anilines is 1. The number of carbonyl (C=O) groups is 1. The summed E-state index contributed by atoms with van der Waals surface area (Å²) in [6, 6.07) is 6.59. The first-order chi connectivity index (χ1) is 8.75. The van der Waals surface area contributed by atoms with E-state index < -0.39 is 0 Å². The molecule has 18 heavy (non-hydrogen) atoms. The molecule has 3 heteroatoms. The van der Waals surface area contributed by atoms with Crippen LogP contribution in [0.4, 0.5) is 5.69 Å². The van der Waals surface area contributed by atoms with Crippen molar-refractivity contribution in [2.24, 2.45) is 0 Å². The molecule has 0 radical (unpaired) electrons. The molecule has 0 bridgehead atoms. The van der Waals surface area contributed by atoms with Crippen molar-refractivity contribution in [1.82, 2.24) is 5.32 Å². The van der Waals surface area contributed by atoms with Crippen molar-refractivity contribution in [2.75, 3.05) is 25.0 Å². The highest BCUT2D eigenvalue weighted by Crippen LogP contribution is 2.33. The van der Waals surface area contributed by atoms with Gasteiger partial charge in [0.15, 0.2) is 0 Å². The molecule has 1 saturated heterocycles. The summed E-state index contributed by atoms with van der Waals surface area (Å²) < 4.78 is 0. The first-order valence-corrected chi connectivity index (χ1v) is 6.86. The van der Waals surface area contributed by atoms with Crippen molar-refractivity contribution in [1.29, 1.82) is 0 Å². The van der Waals surface area contributed by atoms with Gasteiger partial charge in [0, 0.05) is 12.7 Å². The Morgan fingerprint density at radius 3 is 3.06 bits per heavy atom. The predicted molar refractivity (Wildman–Crippen MR) is 73.0 cm³/mol. The van der Waals surface area contributed by atoms with Crippen LogP contribution in [0.3, 0.4) is 0 Å². The van der Waals surface area contributed by atoms with E-state index in [1.54, 1.807) is 4.90 Å². The zero-order valence-corrected chi connectivity index (χ0v) is 10.9. The van der Waals surface area contributed by atoms with Gasteiger partial charge in [0.05, 0.1) is 6.42 Å². The molecule has 0 aliphatic carbocycles. The average Bonchev–Trinajstić information content (AvgIpc) is 2.61. The molecule has 1 N–H and O–H groups in total. The summed E-state index contributed by atoms with van der Waals surface area (Å²) in [4.78, 5) is 13.5. The fourth-order valence-electron chi connectivity index (χ4n) is 3.10. The molecular weight excluding hydrogens is 224 g/mol. The number of likely N-dealkylation sites (N-methyl/N-ethyl adjacent to an activating group) is 1. The van der Waals surface area contributed by atoms with Gasteiger partial charge in [-0.25, -0.2) is 0 Å². The highest BCUT2D eigenvalue weighted by molar-refractivity contribution is 6.00. The van der Waals surface area contributed by atoms with Gasteiger partial charge in [0.1, 0.15) is 0 Å². The Morgan fingerprint density at radius 2 is 2.17 bits per heavy atom. The van der Waals surface area contributed by atoms with Crippen LogP contribution in [0.1, 0.15) is 36.3 Å². The third-order valence-electron chi connectivity index (χ3n) is 4.23. The first-order valence-electron chi connectivity index (χ1n) is 6.86. The van der Waals surface area contributed by atoms with Gasteiger partial charge < -0.3 is 10.2 Å². The molecule has 0 saturated carbocycles. The second-order valence-corrected chi connectivity index (χ2v) is 5.40. The normalized spacial score (nSPS) is 23.9. The number of rotatable bonds is 1. The lowest BCUT2D eigenvalue weighted by atomic mass is 9.90. The zero-order chi connectivity index (χ0) is 12.5. The van der Waals surface area contributed by atoms with Crippen LogP contribution in [-0.2, 0) is 11.2 Å². The molecule has 1 aromatic carbocycles. The van der Waals surface area contributed by atoms with Crippen molar-refractivity contribution in [2.45, 2.75) is 31.6 Å².